The zero-order chi connectivity index (χ0) is 11.3. The summed E-state index contributed by atoms with van der Waals surface area (Å²) in [7, 11) is 0. The fraction of sp³-hybridized carbons (Fsp3) is 0.727. The monoisotopic (exact) mass is 213 g/mol. The predicted molar refractivity (Wildman–Crippen MR) is 57.4 cm³/mol. The van der Waals surface area contributed by atoms with Crippen LogP contribution in [0.1, 0.15) is 32.6 Å². The molecule has 0 aromatic heterocycles. The number of aliphatic hydroxyl groups is 2. The Balaban J connectivity index is 2.73. The summed E-state index contributed by atoms with van der Waals surface area (Å²) in [5, 5.41) is 18.9. The van der Waals surface area contributed by atoms with Gasteiger partial charge in [0.25, 0.3) is 0 Å². The van der Waals surface area contributed by atoms with Crippen LogP contribution in [0, 0.1) is 0 Å². The molecule has 0 bridgehead atoms. The van der Waals surface area contributed by atoms with Gasteiger partial charge in [-0.1, -0.05) is 12.8 Å². The van der Waals surface area contributed by atoms with Crippen LogP contribution < -0.4 is 0 Å². The van der Waals surface area contributed by atoms with Gasteiger partial charge in [0.05, 0.1) is 12.6 Å². The van der Waals surface area contributed by atoms with Gasteiger partial charge in [-0.15, -0.1) is 0 Å². The second kappa shape index (κ2) is 5.75. The van der Waals surface area contributed by atoms with Gasteiger partial charge in [0, 0.05) is 12.6 Å². The van der Waals surface area contributed by atoms with Gasteiger partial charge in [0.15, 0.2) is 11.7 Å². The summed E-state index contributed by atoms with van der Waals surface area (Å²) < 4.78 is 0. The fourth-order valence-corrected chi connectivity index (χ4v) is 1.93. The van der Waals surface area contributed by atoms with E-state index >= 15 is 0 Å². The third-order valence-corrected chi connectivity index (χ3v) is 2.71. The number of carbonyl (C=O) groups is 1. The van der Waals surface area contributed by atoms with Crippen molar-refractivity contribution in [2.75, 3.05) is 13.2 Å². The van der Waals surface area contributed by atoms with E-state index in [1.54, 1.807) is 4.90 Å². The van der Waals surface area contributed by atoms with E-state index in [9.17, 15) is 15.0 Å². The van der Waals surface area contributed by atoms with Gasteiger partial charge in [0.2, 0.25) is 0 Å². The Hall–Kier alpha value is -1.03. The largest absolute Gasteiger partial charge is 0.495 e. The third-order valence-electron chi connectivity index (χ3n) is 2.71. The molecule has 0 amide bonds. The van der Waals surface area contributed by atoms with E-state index in [1.165, 1.54) is 13.0 Å². The first-order valence-electron chi connectivity index (χ1n) is 5.44. The summed E-state index contributed by atoms with van der Waals surface area (Å²) in [6.07, 6.45) is 5.25. The molecule has 0 aromatic carbocycles. The molecule has 1 saturated heterocycles. The lowest BCUT2D eigenvalue weighted by Gasteiger charge is -2.29. The summed E-state index contributed by atoms with van der Waals surface area (Å²) in [4.78, 5) is 12.6. The maximum atomic E-state index is 10.9. The highest BCUT2D eigenvalue weighted by atomic mass is 16.3. The van der Waals surface area contributed by atoms with Crippen LogP contribution >= 0.6 is 0 Å². The van der Waals surface area contributed by atoms with Crippen LogP contribution in [0.15, 0.2) is 12.0 Å². The summed E-state index contributed by atoms with van der Waals surface area (Å²) >= 11 is 0. The lowest BCUT2D eigenvalue weighted by atomic mass is 10.1. The predicted octanol–water partition coefficient (Wildman–Crippen LogP) is 1.21. The molecule has 4 heteroatoms. The quantitative estimate of drug-likeness (QED) is 0.546. The third kappa shape index (κ3) is 3.55. The zero-order valence-electron chi connectivity index (χ0n) is 9.15. The van der Waals surface area contributed by atoms with E-state index in [1.807, 2.05) is 0 Å². The fourth-order valence-electron chi connectivity index (χ4n) is 1.93. The SMILES string of the molecule is CC(=O)/C=C(\O)N1CCCCCC1CO. The summed E-state index contributed by atoms with van der Waals surface area (Å²) in [6.45, 7) is 2.14. The van der Waals surface area contributed by atoms with Crippen LogP contribution in [0.2, 0.25) is 0 Å². The first kappa shape index (κ1) is 12.0. The van der Waals surface area contributed by atoms with Gasteiger partial charge in [-0.25, -0.2) is 0 Å². The molecular formula is C11H19NO3. The highest BCUT2D eigenvalue weighted by molar-refractivity contribution is 5.87. The average Bonchev–Trinajstić information content (AvgIpc) is 2.40. The average molecular weight is 213 g/mol. The van der Waals surface area contributed by atoms with E-state index in [2.05, 4.69) is 0 Å². The van der Waals surface area contributed by atoms with Crippen molar-refractivity contribution in [3.63, 3.8) is 0 Å². The van der Waals surface area contributed by atoms with Crippen molar-refractivity contribution in [3.05, 3.63) is 12.0 Å². The standard InChI is InChI=1S/C11H19NO3/c1-9(14)7-11(15)12-6-4-2-3-5-10(12)8-13/h7,10,13,15H,2-6,8H2,1H3/b11-7-. The molecule has 0 saturated carbocycles. The topological polar surface area (TPSA) is 60.8 Å². The second-order valence-corrected chi connectivity index (χ2v) is 3.99. The van der Waals surface area contributed by atoms with Gasteiger partial charge in [0.1, 0.15) is 0 Å². The van der Waals surface area contributed by atoms with E-state index < -0.39 is 0 Å². The molecule has 2 N–H and O–H groups in total. The van der Waals surface area contributed by atoms with Crippen LogP contribution in [0.4, 0.5) is 0 Å². The van der Waals surface area contributed by atoms with Crippen LogP contribution in [0.5, 0.6) is 0 Å². The zero-order valence-corrected chi connectivity index (χ0v) is 9.15. The van der Waals surface area contributed by atoms with Crippen LogP contribution in [-0.2, 0) is 4.79 Å². The minimum atomic E-state index is -0.173. The molecule has 0 aliphatic carbocycles. The number of nitrogens with zero attached hydrogens (tertiary/aromatic N) is 1. The Morgan fingerprint density at radius 3 is 2.80 bits per heavy atom. The Morgan fingerprint density at radius 2 is 2.20 bits per heavy atom. The first-order chi connectivity index (χ1) is 7.15. The molecule has 0 aromatic rings. The molecule has 86 valence electrons. The highest BCUT2D eigenvalue weighted by Crippen LogP contribution is 2.19. The number of aliphatic hydroxyl groups excluding tert-OH is 2. The number of rotatable bonds is 3. The minimum absolute atomic E-state index is 0.0107. The van der Waals surface area contributed by atoms with Gasteiger partial charge < -0.3 is 15.1 Å². The van der Waals surface area contributed by atoms with Crippen molar-refractivity contribution in [1.29, 1.82) is 0 Å². The van der Waals surface area contributed by atoms with Crippen LogP contribution in [0.25, 0.3) is 0 Å². The van der Waals surface area contributed by atoms with Crippen molar-refractivity contribution in [2.24, 2.45) is 0 Å². The van der Waals surface area contributed by atoms with Crippen LogP contribution in [-0.4, -0.2) is 40.1 Å². The van der Waals surface area contributed by atoms with Crippen molar-refractivity contribution < 1.29 is 15.0 Å². The number of allylic oxidation sites excluding steroid dienone is 1. The molecule has 1 unspecified atom stereocenters. The molecule has 4 nitrogen and oxygen atoms in total. The summed E-state index contributed by atoms with van der Waals surface area (Å²) in [6, 6.07) is -0.0527. The van der Waals surface area contributed by atoms with Gasteiger partial charge in [-0.05, 0) is 19.8 Å². The Kier molecular flexibility index (Phi) is 4.62. The molecule has 1 aliphatic rings. The van der Waals surface area contributed by atoms with Crippen LogP contribution in [0.3, 0.4) is 0 Å². The Morgan fingerprint density at radius 1 is 1.47 bits per heavy atom. The maximum Gasteiger partial charge on any atom is 0.190 e. The van der Waals surface area contributed by atoms with E-state index in [0.29, 0.717) is 6.54 Å². The number of carbonyl (C=O) groups excluding carboxylic acids is 1. The van der Waals surface area contributed by atoms with Gasteiger partial charge >= 0.3 is 0 Å². The number of hydrogen-bond donors (Lipinski definition) is 2. The number of hydrogen-bond acceptors (Lipinski definition) is 4. The van der Waals surface area contributed by atoms with Gasteiger partial charge in [-0.3, -0.25) is 4.79 Å². The lowest BCUT2D eigenvalue weighted by Crippen LogP contribution is -2.37. The Bertz CT molecular complexity index is 250. The molecular weight excluding hydrogens is 194 g/mol. The normalized spacial score (nSPS) is 23.7. The summed E-state index contributed by atoms with van der Waals surface area (Å²) in [5.41, 5.74) is 0. The van der Waals surface area contributed by atoms with Crippen molar-refractivity contribution >= 4 is 5.78 Å². The Labute approximate surface area is 90.2 Å². The second-order valence-electron chi connectivity index (χ2n) is 3.99. The highest BCUT2D eigenvalue weighted by Gasteiger charge is 2.22. The molecule has 1 aliphatic heterocycles. The van der Waals surface area contributed by atoms with Crippen molar-refractivity contribution in [3.8, 4) is 0 Å². The number of ketones is 1. The van der Waals surface area contributed by atoms with E-state index in [0.717, 1.165) is 25.7 Å². The molecule has 0 radical (unpaired) electrons. The first-order valence-corrected chi connectivity index (χ1v) is 5.44. The summed E-state index contributed by atoms with van der Waals surface area (Å²) in [5.74, 6) is -0.183. The van der Waals surface area contributed by atoms with Gasteiger partial charge in [-0.2, -0.15) is 0 Å². The van der Waals surface area contributed by atoms with Crippen molar-refractivity contribution in [2.45, 2.75) is 38.6 Å². The maximum absolute atomic E-state index is 10.9. The smallest absolute Gasteiger partial charge is 0.190 e. The minimum Gasteiger partial charge on any atom is -0.495 e. The molecule has 15 heavy (non-hydrogen) atoms. The lowest BCUT2D eigenvalue weighted by molar-refractivity contribution is -0.113. The van der Waals surface area contributed by atoms with E-state index in [4.69, 9.17) is 0 Å². The van der Waals surface area contributed by atoms with Crippen molar-refractivity contribution in [1.82, 2.24) is 4.90 Å². The molecule has 0 spiro atoms. The number of likely N-dealkylation sites (tertiary alicyclic amines) is 1. The molecule has 1 heterocycles. The molecule has 1 atom stereocenters. The molecule has 1 rings (SSSR count). The molecule has 1 fully saturated rings. The van der Waals surface area contributed by atoms with E-state index in [-0.39, 0.29) is 24.3 Å².